The minimum Gasteiger partial charge on any atom is -0.354 e. The molecule has 2 aromatic heterocycles. The number of nitrogens with zero attached hydrogens (tertiary/aromatic N) is 6. The Morgan fingerprint density at radius 3 is 2.50 bits per heavy atom. The number of rotatable bonds is 5. The molecule has 8 heteroatoms. The predicted octanol–water partition coefficient (Wildman–Crippen LogP) is 1.73. The van der Waals surface area contributed by atoms with Gasteiger partial charge in [-0.1, -0.05) is 12.1 Å². The Hall–Kier alpha value is -3.26. The van der Waals surface area contributed by atoms with E-state index in [0.29, 0.717) is 17.8 Å². The Morgan fingerprint density at radius 2 is 1.86 bits per heavy atom. The SMILES string of the molecule is CN1CCN(c2ccc(NC(=O)c3ccc(Cn4cncn4)cc3)cn2)CC1. The highest BCUT2D eigenvalue weighted by Crippen LogP contribution is 2.17. The van der Waals surface area contributed by atoms with Crippen molar-refractivity contribution in [2.45, 2.75) is 6.54 Å². The second-order valence-electron chi connectivity index (χ2n) is 6.94. The van der Waals surface area contributed by atoms with Crippen LogP contribution in [0, 0.1) is 0 Å². The van der Waals surface area contributed by atoms with Gasteiger partial charge in [-0.2, -0.15) is 5.10 Å². The van der Waals surface area contributed by atoms with Crippen molar-refractivity contribution in [3.05, 3.63) is 66.4 Å². The van der Waals surface area contributed by atoms with Crippen molar-refractivity contribution in [2.24, 2.45) is 0 Å². The number of amides is 1. The fraction of sp³-hybridized carbons (Fsp3) is 0.300. The molecule has 1 aliphatic rings. The highest BCUT2D eigenvalue weighted by molar-refractivity contribution is 6.04. The van der Waals surface area contributed by atoms with E-state index in [9.17, 15) is 4.79 Å². The molecule has 0 unspecified atom stereocenters. The summed E-state index contributed by atoms with van der Waals surface area (Å²) < 4.78 is 1.74. The van der Waals surface area contributed by atoms with Crippen molar-refractivity contribution in [3.8, 4) is 0 Å². The number of likely N-dealkylation sites (N-methyl/N-ethyl adjacent to an activating group) is 1. The number of carbonyl (C=O) groups is 1. The van der Waals surface area contributed by atoms with Crippen LogP contribution in [0.4, 0.5) is 11.5 Å². The normalized spacial score (nSPS) is 14.8. The largest absolute Gasteiger partial charge is 0.354 e. The standard InChI is InChI=1S/C20H23N7O/c1-25-8-10-26(11-9-25)19-7-6-18(12-22-19)24-20(28)17-4-2-16(3-5-17)13-27-15-21-14-23-27/h2-7,12,14-15H,8-11,13H2,1H3,(H,24,28). The van der Waals surface area contributed by atoms with Crippen LogP contribution in [0.25, 0.3) is 0 Å². The monoisotopic (exact) mass is 377 g/mol. The van der Waals surface area contributed by atoms with E-state index in [1.807, 2.05) is 36.4 Å². The molecule has 0 saturated carbocycles. The van der Waals surface area contributed by atoms with Crippen LogP contribution >= 0.6 is 0 Å². The highest BCUT2D eigenvalue weighted by Gasteiger charge is 2.15. The van der Waals surface area contributed by atoms with Crippen molar-refractivity contribution in [3.63, 3.8) is 0 Å². The van der Waals surface area contributed by atoms with Gasteiger partial charge in [0, 0.05) is 31.7 Å². The van der Waals surface area contributed by atoms with Gasteiger partial charge in [-0.25, -0.2) is 14.6 Å². The van der Waals surface area contributed by atoms with Gasteiger partial charge >= 0.3 is 0 Å². The number of hydrogen-bond donors (Lipinski definition) is 1. The van der Waals surface area contributed by atoms with E-state index in [0.717, 1.165) is 37.6 Å². The summed E-state index contributed by atoms with van der Waals surface area (Å²) in [7, 11) is 2.13. The third kappa shape index (κ3) is 4.34. The van der Waals surface area contributed by atoms with Gasteiger partial charge in [0.1, 0.15) is 18.5 Å². The van der Waals surface area contributed by atoms with Gasteiger partial charge in [0.15, 0.2) is 0 Å². The lowest BCUT2D eigenvalue weighted by molar-refractivity contribution is 0.102. The predicted molar refractivity (Wildman–Crippen MR) is 107 cm³/mol. The highest BCUT2D eigenvalue weighted by atomic mass is 16.1. The van der Waals surface area contributed by atoms with E-state index < -0.39 is 0 Å². The molecule has 8 nitrogen and oxygen atoms in total. The Kier molecular flexibility index (Phi) is 5.29. The molecular formula is C20H23N7O. The van der Waals surface area contributed by atoms with E-state index in [1.54, 1.807) is 17.2 Å². The van der Waals surface area contributed by atoms with E-state index >= 15 is 0 Å². The summed E-state index contributed by atoms with van der Waals surface area (Å²) in [5, 5.41) is 6.99. The summed E-state index contributed by atoms with van der Waals surface area (Å²) in [6, 6.07) is 11.3. The minimum atomic E-state index is -0.151. The lowest BCUT2D eigenvalue weighted by Gasteiger charge is -2.33. The molecule has 1 aromatic carbocycles. The van der Waals surface area contributed by atoms with Gasteiger partial charge in [0.05, 0.1) is 18.4 Å². The van der Waals surface area contributed by atoms with Crippen molar-refractivity contribution in [2.75, 3.05) is 43.4 Å². The van der Waals surface area contributed by atoms with Crippen LogP contribution in [-0.4, -0.2) is 63.8 Å². The molecule has 3 heterocycles. The number of anilines is 2. The zero-order valence-electron chi connectivity index (χ0n) is 15.8. The summed E-state index contributed by atoms with van der Waals surface area (Å²) in [6.07, 6.45) is 4.88. The van der Waals surface area contributed by atoms with Crippen LogP contribution in [-0.2, 0) is 6.54 Å². The second kappa shape index (κ2) is 8.18. The maximum absolute atomic E-state index is 12.5. The maximum atomic E-state index is 12.5. The molecule has 1 saturated heterocycles. The van der Waals surface area contributed by atoms with Gasteiger partial charge in [0.25, 0.3) is 5.91 Å². The number of benzene rings is 1. The number of pyridine rings is 1. The molecule has 4 rings (SSSR count). The van der Waals surface area contributed by atoms with Gasteiger partial charge in [-0.15, -0.1) is 0 Å². The maximum Gasteiger partial charge on any atom is 0.255 e. The molecule has 0 atom stereocenters. The first kappa shape index (κ1) is 18.1. The number of nitrogens with one attached hydrogen (secondary N) is 1. The lowest BCUT2D eigenvalue weighted by atomic mass is 10.1. The number of hydrogen-bond acceptors (Lipinski definition) is 6. The molecule has 144 valence electrons. The minimum absolute atomic E-state index is 0.151. The Labute approximate surface area is 163 Å². The topological polar surface area (TPSA) is 79.2 Å². The van der Waals surface area contributed by atoms with E-state index in [1.165, 1.54) is 6.33 Å². The molecule has 28 heavy (non-hydrogen) atoms. The average Bonchev–Trinajstić information content (AvgIpc) is 3.23. The Bertz CT molecular complexity index is 899. The number of piperazine rings is 1. The van der Waals surface area contributed by atoms with Crippen LogP contribution in [0.15, 0.2) is 55.2 Å². The van der Waals surface area contributed by atoms with Crippen LogP contribution in [0.1, 0.15) is 15.9 Å². The number of aromatic nitrogens is 4. The van der Waals surface area contributed by atoms with Gasteiger partial charge in [-0.05, 0) is 36.9 Å². The second-order valence-corrected chi connectivity index (χ2v) is 6.94. The molecule has 0 bridgehead atoms. The zero-order chi connectivity index (χ0) is 19.3. The first-order chi connectivity index (χ1) is 13.7. The van der Waals surface area contributed by atoms with E-state index in [-0.39, 0.29) is 5.91 Å². The van der Waals surface area contributed by atoms with Crippen LogP contribution in [0.3, 0.4) is 0 Å². The lowest BCUT2D eigenvalue weighted by Crippen LogP contribution is -2.44. The van der Waals surface area contributed by atoms with Gasteiger partial charge < -0.3 is 15.1 Å². The molecule has 1 fully saturated rings. The number of carbonyl (C=O) groups excluding carboxylic acids is 1. The Morgan fingerprint density at radius 1 is 1.07 bits per heavy atom. The first-order valence-corrected chi connectivity index (χ1v) is 9.29. The molecule has 0 radical (unpaired) electrons. The molecular weight excluding hydrogens is 354 g/mol. The van der Waals surface area contributed by atoms with Crippen LogP contribution < -0.4 is 10.2 Å². The van der Waals surface area contributed by atoms with Crippen molar-refractivity contribution >= 4 is 17.4 Å². The quantitative estimate of drug-likeness (QED) is 0.729. The summed E-state index contributed by atoms with van der Waals surface area (Å²) >= 11 is 0. The fourth-order valence-electron chi connectivity index (χ4n) is 3.15. The summed E-state index contributed by atoms with van der Waals surface area (Å²) in [6.45, 7) is 4.63. The van der Waals surface area contributed by atoms with E-state index in [4.69, 9.17) is 0 Å². The molecule has 0 spiro atoms. The smallest absolute Gasteiger partial charge is 0.255 e. The zero-order valence-corrected chi connectivity index (χ0v) is 15.8. The third-order valence-electron chi connectivity index (χ3n) is 4.86. The van der Waals surface area contributed by atoms with Crippen molar-refractivity contribution in [1.29, 1.82) is 0 Å². The average molecular weight is 377 g/mol. The van der Waals surface area contributed by atoms with Crippen molar-refractivity contribution in [1.82, 2.24) is 24.6 Å². The summed E-state index contributed by atoms with van der Waals surface area (Å²) in [4.78, 5) is 25.5. The summed E-state index contributed by atoms with van der Waals surface area (Å²) in [5.41, 5.74) is 2.35. The molecule has 0 aliphatic carbocycles. The fourth-order valence-corrected chi connectivity index (χ4v) is 3.15. The molecule has 1 N–H and O–H groups in total. The molecule has 1 amide bonds. The van der Waals surface area contributed by atoms with E-state index in [2.05, 4.69) is 37.2 Å². The first-order valence-electron chi connectivity index (χ1n) is 9.29. The van der Waals surface area contributed by atoms with Gasteiger partial charge in [-0.3, -0.25) is 4.79 Å². The van der Waals surface area contributed by atoms with Gasteiger partial charge in [0.2, 0.25) is 0 Å². The Balaban J connectivity index is 1.35. The van der Waals surface area contributed by atoms with Crippen LogP contribution in [0.2, 0.25) is 0 Å². The molecule has 3 aromatic rings. The summed E-state index contributed by atoms with van der Waals surface area (Å²) in [5.74, 6) is 0.796. The van der Waals surface area contributed by atoms with Crippen LogP contribution in [0.5, 0.6) is 0 Å². The molecule has 1 aliphatic heterocycles. The van der Waals surface area contributed by atoms with Crippen molar-refractivity contribution < 1.29 is 4.79 Å². The third-order valence-corrected chi connectivity index (χ3v) is 4.86.